The highest BCUT2D eigenvalue weighted by Gasteiger charge is 2.19. The molecule has 0 radical (unpaired) electrons. The molecule has 2 N–H and O–H groups in total. The number of amides is 1. The molecule has 0 saturated heterocycles. The minimum absolute atomic E-state index is 0.0135. The van der Waals surface area contributed by atoms with Crippen LogP contribution in [-0.4, -0.2) is 30.2 Å². The summed E-state index contributed by atoms with van der Waals surface area (Å²) in [6, 6.07) is 9.42. The normalized spacial score (nSPS) is 12.1. The Morgan fingerprint density at radius 2 is 1.91 bits per heavy atom. The van der Waals surface area contributed by atoms with Crippen LogP contribution in [0, 0.1) is 11.8 Å². The van der Waals surface area contributed by atoms with Gasteiger partial charge in [-0.1, -0.05) is 44.2 Å². The van der Waals surface area contributed by atoms with E-state index >= 15 is 0 Å². The Hall–Kier alpha value is -1.92. The van der Waals surface area contributed by atoms with Crippen molar-refractivity contribution >= 4 is 11.9 Å². The van der Waals surface area contributed by atoms with E-state index in [0.717, 1.165) is 5.56 Å². The van der Waals surface area contributed by atoms with Gasteiger partial charge in [0.15, 0.2) is 0 Å². The molecule has 0 spiro atoms. The third-order valence-electron chi connectivity index (χ3n) is 2.93. The molecule has 0 heterocycles. The highest BCUT2D eigenvalue weighted by molar-refractivity contribution is 5.76. The molecule has 0 bridgehead atoms. The summed E-state index contributed by atoms with van der Waals surface area (Å²) >= 11 is 0. The first-order valence-corrected chi connectivity index (χ1v) is 7.24. The smallest absolute Gasteiger partial charge is 0.308 e. The van der Waals surface area contributed by atoms with Crippen LogP contribution in [0.25, 0.3) is 0 Å². The van der Waals surface area contributed by atoms with E-state index in [0.29, 0.717) is 6.42 Å². The molecule has 22 heavy (non-hydrogen) atoms. The van der Waals surface area contributed by atoms with Gasteiger partial charge in [-0.05, 0) is 17.9 Å². The standard InChI is InChI=1S/C16H23NO5/c1-12(2)8-14(16(19)20)10-21-11-15(18)17-22-9-13-6-4-3-5-7-13/h3-7,12,14H,8-11H2,1-2H3,(H,17,18)(H,19,20)/t14-/m1/s1. The number of rotatable bonds is 10. The van der Waals surface area contributed by atoms with Crippen molar-refractivity contribution in [1.29, 1.82) is 0 Å². The van der Waals surface area contributed by atoms with Crippen molar-refractivity contribution < 1.29 is 24.3 Å². The number of carboxylic acids is 1. The van der Waals surface area contributed by atoms with Crippen molar-refractivity contribution in [2.75, 3.05) is 13.2 Å². The van der Waals surface area contributed by atoms with Crippen LogP contribution in [0.5, 0.6) is 0 Å². The summed E-state index contributed by atoms with van der Waals surface area (Å²) in [6.07, 6.45) is 0.515. The lowest BCUT2D eigenvalue weighted by Gasteiger charge is -2.14. The van der Waals surface area contributed by atoms with Crippen LogP contribution in [0.1, 0.15) is 25.8 Å². The molecule has 0 aliphatic rings. The topological polar surface area (TPSA) is 84.9 Å². The number of carbonyl (C=O) groups is 2. The fourth-order valence-electron chi connectivity index (χ4n) is 1.91. The average molecular weight is 309 g/mol. The van der Waals surface area contributed by atoms with Gasteiger partial charge in [-0.15, -0.1) is 0 Å². The van der Waals surface area contributed by atoms with E-state index in [9.17, 15) is 9.59 Å². The molecular formula is C16H23NO5. The van der Waals surface area contributed by atoms with E-state index in [1.807, 2.05) is 44.2 Å². The molecule has 1 rings (SSSR count). The van der Waals surface area contributed by atoms with E-state index in [-0.39, 0.29) is 25.7 Å². The van der Waals surface area contributed by atoms with E-state index in [1.165, 1.54) is 0 Å². The number of hydroxylamine groups is 1. The van der Waals surface area contributed by atoms with E-state index in [2.05, 4.69) is 5.48 Å². The lowest BCUT2D eigenvalue weighted by Crippen LogP contribution is -2.30. The third-order valence-corrected chi connectivity index (χ3v) is 2.93. The number of carbonyl (C=O) groups excluding carboxylic acids is 1. The monoisotopic (exact) mass is 309 g/mol. The first-order chi connectivity index (χ1) is 10.5. The summed E-state index contributed by atoms with van der Waals surface area (Å²) in [7, 11) is 0. The molecule has 1 aromatic carbocycles. The average Bonchev–Trinajstić information content (AvgIpc) is 2.47. The van der Waals surface area contributed by atoms with Gasteiger partial charge < -0.3 is 9.84 Å². The fraction of sp³-hybridized carbons (Fsp3) is 0.500. The van der Waals surface area contributed by atoms with Gasteiger partial charge in [-0.3, -0.25) is 14.4 Å². The van der Waals surface area contributed by atoms with E-state index < -0.39 is 17.8 Å². The zero-order chi connectivity index (χ0) is 16.4. The number of hydrogen-bond acceptors (Lipinski definition) is 4. The summed E-state index contributed by atoms with van der Waals surface area (Å²) in [5.74, 6) is -1.69. The van der Waals surface area contributed by atoms with Gasteiger partial charge >= 0.3 is 5.97 Å². The van der Waals surface area contributed by atoms with Crippen LogP contribution >= 0.6 is 0 Å². The molecule has 1 aromatic rings. The molecule has 122 valence electrons. The molecule has 0 aliphatic heterocycles. The van der Waals surface area contributed by atoms with Crippen molar-refractivity contribution in [1.82, 2.24) is 5.48 Å². The summed E-state index contributed by atoms with van der Waals surface area (Å²) in [5, 5.41) is 9.05. The third kappa shape index (κ3) is 7.75. The Morgan fingerprint density at radius 1 is 1.23 bits per heavy atom. The second-order valence-electron chi connectivity index (χ2n) is 5.48. The maximum absolute atomic E-state index is 11.5. The second-order valence-corrected chi connectivity index (χ2v) is 5.48. The van der Waals surface area contributed by atoms with Crippen molar-refractivity contribution in [3.8, 4) is 0 Å². The van der Waals surface area contributed by atoms with Crippen LogP contribution < -0.4 is 5.48 Å². The largest absolute Gasteiger partial charge is 0.481 e. The molecular weight excluding hydrogens is 286 g/mol. The first kappa shape index (κ1) is 18.1. The zero-order valence-corrected chi connectivity index (χ0v) is 13.0. The van der Waals surface area contributed by atoms with Crippen LogP contribution in [0.15, 0.2) is 30.3 Å². The number of benzene rings is 1. The first-order valence-electron chi connectivity index (χ1n) is 7.24. The van der Waals surface area contributed by atoms with Crippen LogP contribution in [0.4, 0.5) is 0 Å². The maximum Gasteiger partial charge on any atom is 0.308 e. The quantitative estimate of drug-likeness (QED) is 0.646. The van der Waals surface area contributed by atoms with Gasteiger partial charge in [0.25, 0.3) is 5.91 Å². The predicted octanol–water partition coefficient (Wildman–Crippen LogP) is 2.00. The molecule has 0 aromatic heterocycles. The van der Waals surface area contributed by atoms with Gasteiger partial charge in [0, 0.05) is 0 Å². The highest BCUT2D eigenvalue weighted by Crippen LogP contribution is 2.12. The minimum atomic E-state index is -0.908. The molecule has 0 saturated carbocycles. The Kier molecular flexibility index (Phi) is 8.17. The lowest BCUT2D eigenvalue weighted by molar-refractivity contribution is -0.148. The van der Waals surface area contributed by atoms with Crippen LogP contribution in [-0.2, 0) is 25.8 Å². The Labute approximate surface area is 130 Å². The molecule has 0 aliphatic carbocycles. The Morgan fingerprint density at radius 3 is 2.50 bits per heavy atom. The minimum Gasteiger partial charge on any atom is -0.481 e. The van der Waals surface area contributed by atoms with Crippen LogP contribution in [0.3, 0.4) is 0 Å². The molecule has 1 atom stereocenters. The second kappa shape index (κ2) is 9.92. The van der Waals surface area contributed by atoms with Gasteiger partial charge in [-0.2, -0.15) is 0 Å². The molecule has 6 nitrogen and oxygen atoms in total. The Bertz CT molecular complexity index is 461. The number of carboxylic acid groups (broad SMARTS) is 1. The van der Waals surface area contributed by atoms with Crippen LogP contribution in [0.2, 0.25) is 0 Å². The summed E-state index contributed by atoms with van der Waals surface area (Å²) in [4.78, 5) is 27.6. The van der Waals surface area contributed by atoms with Crippen molar-refractivity contribution in [3.63, 3.8) is 0 Å². The predicted molar refractivity (Wildman–Crippen MR) is 80.8 cm³/mol. The number of hydrogen-bond donors (Lipinski definition) is 2. The van der Waals surface area contributed by atoms with Gasteiger partial charge in [0.2, 0.25) is 0 Å². The highest BCUT2D eigenvalue weighted by atomic mass is 16.7. The summed E-state index contributed by atoms with van der Waals surface area (Å²) in [5.41, 5.74) is 3.20. The molecule has 0 fully saturated rings. The van der Waals surface area contributed by atoms with E-state index in [1.54, 1.807) is 0 Å². The Balaban J connectivity index is 2.18. The molecule has 6 heteroatoms. The van der Waals surface area contributed by atoms with Gasteiger partial charge in [0.05, 0.1) is 19.1 Å². The lowest BCUT2D eigenvalue weighted by atomic mass is 9.98. The van der Waals surface area contributed by atoms with Crippen molar-refractivity contribution in [3.05, 3.63) is 35.9 Å². The van der Waals surface area contributed by atoms with Crippen molar-refractivity contribution in [2.45, 2.75) is 26.9 Å². The molecule has 1 amide bonds. The van der Waals surface area contributed by atoms with Gasteiger partial charge in [-0.25, -0.2) is 5.48 Å². The number of ether oxygens (including phenoxy) is 1. The zero-order valence-electron chi connectivity index (χ0n) is 13.0. The number of nitrogens with one attached hydrogen (secondary N) is 1. The summed E-state index contributed by atoms with van der Waals surface area (Å²) < 4.78 is 5.15. The molecule has 0 unspecified atom stereocenters. The fourth-order valence-corrected chi connectivity index (χ4v) is 1.91. The summed E-state index contributed by atoms with van der Waals surface area (Å²) in [6.45, 7) is 3.94. The van der Waals surface area contributed by atoms with Gasteiger partial charge in [0.1, 0.15) is 6.61 Å². The SMILES string of the molecule is CC(C)C[C@H](COCC(=O)NOCc1ccccc1)C(=O)O. The number of aliphatic carboxylic acids is 1. The van der Waals surface area contributed by atoms with E-state index in [4.69, 9.17) is 14.7 Å². The maximum atomic E-state index is 11.5. The van der Waals surface area contributed by atoms with Crippen molar-refractivity contribution in [2.24, 2.45) is 11.8 Å².